The van der Waals surface area contributed by atoms with Crippen LogP contribution >= 0.6 is 0 Å². The van der Waals surface area contributed by atoms with E-state index < -0.39 is 21.7 Å². The summed E-state index contributed by atoms with van der Waals surface area (Å²) in [4.78, 5) is 12.5. The van der Waals surface area contributed by atoms with Gasteiger partial charge in [0.05, 0.1) is 23.3 Å². The third-order valence-corrected chi connectivity index (χ3v) is 5.34. The molecule has 0 saturated heterocycles. The summed E-state index contributed by atoms with van der Waals surface area (Å²) in [7, 11) is -3.67. The third kappa shape index (κ3) is 5.76. The van der Waals surface area contributed by atoms with Gasteiger partial charge >= 0.3 is 0 Å². The summed E-state index contributed by atoms with van der Waals surface area (Å²) in [5.74, 6) is -1.22. The van der Waals surface area contributed by atoms with E-state index in [1.54, 1.807) is 10.8 Å². The van der Waals surface area contributed by atoms with Gasteiger partial charge in [-0.2, -0.15) is 5.10 Å². The van der Waals surface area contributed by atoms with Gasteiger partial charge in [-0.1, -0.05) is 48.5 Å². The van der Waals surface area contributed by atoms with Crippen LogP contribution in [-0.2, 0) is 14.8 Å². The maximum absolute atomic E-state index is 13.9. The zero-order valence-electron chi connectivity index (χ0n) is 18.1. The van der Waals surface area contributed by atoms with Crippen molar-refractivity contribution in [1.29, 1.82) is 0 Å². The Morgan fingerprint density at radius 2 is 1.68 bits per heavy atom. The number of nitrogens with one attached hydrogen (secondary N) is 2. The highest BCUT2D eigenvalue weighted by Gasteiger charge is 2.12. The third-order valence-electron chi connectivity index (χ3n) is 4.75. The molecule has 4 aromatic rings. The Morgan fingerprint density at radius 1 is 1.00 bits per heavy atom. The van der Waals surface area contributed by atoms with Crippen molar-refractivity contribution in [1.82, 2.24) is 9.78 Å². The molecule has 2 N–H and O–H groups in total. The minimum Gasteiger partial charge on any atom is -0.322 e. The number of hydrogen-bond donors (Lipinski definition) is 2. The molecule has 0 unspecified atom stereocenters. The molecular weight excluding hydrogens is 455 g/mol. The van der Waals surface area contributed by atoms with E-state index >= 15 is 0 Å². The Balaban J connectivity index is 1.59. The van der Waals surface area contributed by atoms with Gasteiger partial charge in [0.1, 0.15) is 5.82 Å². The topological polar surface area (TPSA) is 93.1 Å². The summed E-state index contributed by atoms with van der Waals surface area (Å²) >= 11 is 0. The lowest BCUT2D eigenvalue weighted by Crippen LogP contribution is -2.12. The summed E-state index contributed by atoms with van der Waals surface area (Å²) in [6.07, 6.45) is 5.73. The summed E-state index contributed by atoms with van der Waals surface area (Å²) in [6, 6.07) is 22.8. The summed E-state index contributed by atoms with van der Waals surface area (Å²) < 4.78 is 40.5. The van der Waals surface area contributed by atoms with Crippen LogP contribution in [0, 0.1) is 5.82 Å². The molecule has 0 aliphatic heterocycles. The maximum atomic E-state index is 13.9. The highest BCUT2D eigenvalue weighted by Crippen LogP contribution is 2.25. The molecule has 1 aromatic heterocycles. The fourth-order valence-corrected chi connectivity index (χ4v) is 3.83. The average molecular weight is 477 g/mol. The number of rotatable bonds is 7. The maximum Gasteiger partial charge on any atom is 0.248 e. The summed E-state index contributed by atoms with van der Waals surface area (Å²) in [5, 5.41) is 7.30. The van der Waals surface area contributed by atoms with Crippen LogP contribution in [0.1, 0.15) is 5.56 Å². The van der Waals surface area contributed by atoms with Crippen LogP contribution < -0.4 is 10.0 Å². The van der Waals surface area contributed by atoms with E-state index in [0.717, 1.165) is 29.1 Å². The fourth-order valence-electron chi connectivity index (χ4n) is 3.27. The first kappa shape index (κ1) is 22.9. The summed E-state index contributed by atoms with van der Waals surface area (Å²) in [5.41, 5.74) is 3.19. The van der Waals surface area contributed by atoms with Crippen molar-refractivity contribution < 1.29 is 17.6 Å². The highest BCUT2D eigenvalue weighted by molar-refractivity contribution is 7.92. The first-order valence-corrected chi connectivity index (χ1v) is 12.1. The molecular formula is C25H21FN4O3S. The lowest BCUT2D eigenvalue weighted by molar-refractivity contribution is -0.111. The molecule has 0 aliphatic rings. The van der Waals surface area contributed by atoms with Crippen LogP contribution in [0.25, 0.3) is 23.0 Å². The van der Waals surface area contributed by atoms with E-state index in [2.05, 4.69) is 10.0 Å². The van der Waals surface area contributed by atoms with Gasteiger partial charge in [-0.05, 0) is 36.4 Å². The Kier molecular flexibility index (Phi) is 6.55. The molecule has 4 rings (SSSR count). The first-order valence-electron chi connectivity index (χ1n) is 10.3. The van der Waals surface area contributed by atoms with Gasteiger partial charge < -0.3 is 5.32 Å². The SMILES string of the molecule is CS(=O)(=O)Nc1cc(NC(=O)C=Cc2cn(-c3ccccc3)nc2-c2ccccc2)ccc1F. The molecule has 0 saturated carbocycles. The summed E-state index contributed by atoms with van der Waals surface area (Å²) in [6.45, 7) is 0. The molecule has 0 aliphatic carbocycles. The lowest BCUT2D eigenvalue weighted by Gasteiger charge is -2.08. The van der Waals surface area contributed by atoms with E-state index in [4.69, 9.17) is 5.10 Å². The molecule has 0 fully saturated rings. The number of halogens is 1. The minimum absolute atomic E-state index is 0.241. The number of carbonyl (C=O) groups excluding carboxylic acids is 1. The molecule has 172 valence electrons. The second-order valence-electron chi connectivity index (χ2n) is 7.47. The van der Waals surface area contributed by atoms with Crippen molar-refractivity contribution in [3.05, 3.63) is 103 Å². The second-order valence-corrected chi connectivity index (χ2v) is 9.22. The van der Waals surface area contributed by atoms with Gasteiger partial charge in [0.15, 0.2) is 0 Å². The molecule has 1 heterocycles. The molecule has 0 atom stereocenters. The monoisotopic (exact) mass is 476 g/mol. The van der Waals surface area contributed by atoms with Crippen molar-refractivity contribution in [3.8, 4) is 16.9 Å². The van der Waals surface area contributed by atoms with E-state index in [0.29, 0.717) is 5.69 Å². The number of anilines is 2. The molecule has 0 spiro atoms. The first-order chi connectivity index (χ1) is 16.3. The Labute approximate surface area is 196 Å². The molecule has 0 bridgehead atoms. The molecule has 1 amide bonds. The lowest BCUT2D eigenvalue weighted by atomic mass is 10.1. The largest absolute Gasteiger partial charge is 0.322 e. The van der Waals surface area contributed by atoms with Crippen LogP contribution in [0.15, 0.2) is 91.1 Å². The van der Waals surface area contributed by atoms with Crippen LogP contribution in [-0.4, -0.2) is 30.4 Å². The number of hydrogen-bond acceptors (Lipinski definition) is 4. The number of amides is 1. The molecule has 7 nitrogen and oxygen atoms in total. The zero-order chi connectivity index (χ0) is 24.1. The van der Waals surface area contributed by atoms with Crippen molar-refractivity contribution >= 4 is 33.4 Å². The molecule has 3 aromatic carbocycles. The van der Waals surface area contributed by atoms with Crippen LogP contribution in [0.2, 0.25) is 0 Å². The minimum atomic E-state index is -3.67. The molecule has 34 heavy (non-hydrogen) atoms. The number of sulfonamides is 1. The Bertz CT molecular complexity index is 1450. The number of aromatic nitrogens is 2. The number of benzene rings is 3. The van der Waals surface area contributed by atoms with Gasteiger partial charge in [0.2, 0.25) is 15.9 Å². The quantitative estimate of drug-likeness (QED) is 0.378. The Morgan fingerprint density at radius 3 is 2.35 bits per heavy atom. The van der Waals surface area contributed by atoms with E-state index in [1.807, 2.05) is 66.9 Å². The predicted octanol–water partition coefficient (Wildman–Crippen LogP) is 4.70. The number of carbonyl (C=O) groups is 1. The van der Waals surface area contributed by atoms with Gasteiger partial charge in [0, 0.05) is 29.1 Å². The van der Waals surface area contributed by atoms with E-state index in [9.17, 15) is 17.6 Å². The second kappa shape index (κ2) is 9.72. The van der Waals surface area contributed by atoms with Crippen molar-refractivity contribution in [2.75, 3.05) is 16.3 Å². The van der Waals surface area contributed by atoms with Gasteiger partial charge in [0.25, 0.3) is 0 Å². The van der Waals surface area contributed by atoms with Crippen molar-refractivity contribution in [2.24, 2.45) is 0 Å². The Hall–Kier alpha value is -4.24. The van der Waals surface area contributed by atoms with Crippen LogP contribution in [0.3, 0.4) is 0 Å². The van der Waals surface area contributed by atoms with Crippen LogP contribution in [0.5, 0.6) is 0 Å². The molecule has 9 heteroatoms. The highest BCUT2D eigenvalue weighted by atomic mass is 32.2. The van der Waals surface area contributed by atoms with E-state index in [-0.39, 0.29) is 11.4 Å². The van der Waals surface area contributed by atoms with Crippen molar-refractivity contribution in [2.45, 2.75) is 0 Å². The zero-order valence-corrected chi connectivity index (χ0v) is 19.0. The average Bonchev–Trinajstić information content (AvgIpc) is 3.24. The van der Waals surface area contributed by atoms with Gasteiger partial charge in [-0.15, -0.1) is 0 Å². The van der Waals surface area contributed by atoms with Gasteiger partial charge in [-0.25, -0.2) is 17.5 Å². The number of para-hydroxylation sites is 1. The fraction of sp³-hybridized carbons (Fsp3) is 0.0400. The van der Waals surface area contributed by atoms with Crippen LogP contribution in [0.4, 0.5) is 15.8 Å². The standard InChI is InChI=1S/C25H21FN4O3S/c1-34(32,33)29-23-16-20(13-14-22(23)26)27-24(31)15-12-19-17-30(21-10-6-3-7-11-21)28-25(19)18-8-4-2-5-9-18/h2-17,29H,1H3,(H,27,31). The van der Waals surface area contributed by atoms with Crippen molar-refractivity contribution in [3.63, 3.8) is 0 Å². The van der Waals surface area contributed by atoms with E-state index in [1.165, 1.54) is 18.2 Å². The molecule has 0 radical (unpaired) electrons. The normalized spacial score (nSPS) is 11.5. The smallest absolute Gasteiger partial charge is 0.248 e. The van der Waals surface area contributed by atoms with Gasteiger partial charge in [-0.3, -0.25) is 9.52 Å². The number of nitrogens with zero attached hydrogens (tertiary/aromatic N) is 2. The predicted molar refractivity (Wildman–Crippen MR) is 132 cm³/mol.